The first-order valence-corrected chi connectivity index (χ1v) is 8.60. The lowest BCUT2D eigenvalue weighted by atomic mass is 9.99. The van der Waals surface area contributed by atoms with E-state index in [4.69, 9.17) is 0 Å². The molecule has 26 heavy (non-hydrogen) atoms. The normalized spacial score (nSPS) is 14.5. The van der Waals surface area contributed by atoms with E-state index in [0.717, 1.165) is 4.90 Å². The van der Waals surface area contributed by atoms with E-state index in [1.165, 1.54) is 14.0 Å². The summed E-state index contributed by atoms with van der Waals surface area (Å²) in [4.78, 5) is 48.9. The number of nitrogens with one attached hydrogen (secondary N) is 2. The number of hydrogen-bond donors (Lipinski definition) is 4. The highest BCUT2D eigenvalue weighted by atomic mass is 16.4. The molecule has 0 aromatic carbocycles. The molecule has 0 heterocycles. The van der Waals surface area contributed by atoms with Crippen LogP contribution in [0.25, 0.3) is 0 Å². The molecule has 0 fully saturated rings. The molecule has 0 aromatic rings. The van der Waals surface area contributed by atoms with Gasteiger partial charge in [0.2, 0.25) is 17.7 Å². The summed E-state index contributed by atoms with van der Waals surface area (Å²) in [6, 6.07) is -3.17. The first-order valence-electron chi connectivity index (χ1n) is 8.60. The number of amides is 3. The van der Waals surface area contributed by atoms with Crippen molar-refractivity contribution in [1.82, 2.24) is 15.5 Å². The summed E-state index contributed by atoms with van der Waals surface area (Å²) in [6.07, 6.45) is 0.302. The number of hydrogen-bond acceptors (Lipinski definition) is 5. The second-order valence-electron chi connectivity index (χ2n) is 7.10. The molecule has 0 saturated carbocycles. The predicted molar refractivity (Wildman–Crippen MR) is 95.1 cm³/mol. The van der Waals surface area contributed by atoms with Crippen LogP contribution >= 0.6 is 0 Å². The van der Waals surface area contributed by atoms with Crippen LogP contribution in [0.2, 0.25) is 0 Å². The van der Waals surface area contributed by atoms with Crippen molar-refractivity contribution in [1.29, 1.82) is 0 Å². The first kappa shape index (κ1) is 23.8. The third kappa shape index (κ3) is 7.38. The average Bonchev–Trinajstić information content (AvgIpc) is 2.52. The monoisotopic (exact) mass is 373 g/mol. The maximum Gasteiger partial charge on any atom is 0.326 e. The van der Waals surface area contributed by atoms with Crippen LogP contribution in [0.15, 0.2) is 0 Å². The maximum atomic E-state index is 12.7. The Morgan fingerprint density at radius 1 is 1.04 bits per heavy atom. The lowest BCUT2D eigenvalue weighted by Gasteiger charge is -2.32. The second-order valence-corrected chi connectivity index (χ2v) is 7.10. The summed E-state index contributed by atoms with van der Waals surface area (Å²) >= 11 is 0. The van der Waals surface area contributed by atoms with Gasteiger partial charge in [0.1, 0.15) is 18.1 Å². The van der Waals surface area contributed by atoms with Crippen LogP contribution in [0, 0.1) is 11.8 Å². The van der Waals surface area contributed by atoms with Crippen molar-refractivity contribution in [3.05, 3.63) is 0 Å². The van der Waals surface area contributed by atoms with E-state index in [0.29, 0.717) is 6.42 Å². The maximum absolute atomic E-state index is 12.7. The van der Waals surface area contributed by atoms with Gasteiger partial charge in [-0.2, -0.15) is 0 Å². The highest BCUT2D eigenvalue weighted by molar-refractivity contribution is 5.93. The van der Waals surface area contributed by atoms with Crippen LogP contribution in [-0.4, -0.2) is 70.6 Å². The van der Waals surface area contributed by atoms with E-state index in [9.17, 15) is 29.4 Å². The van der Waals surface area contributed by atoms with Crippen LogP contribution in [0.1, 0.15) is 41.0 Å². The van der Waals surface area contributed by atoms with Gasteiger partial charge in [0.05, 0.1) is 6.61 Å². The Balaban J connectivity index is 5.45. The van der Waals surface area contributed by atoms with Crippen molar-refractivity contribution in [2.75, 3.05) is 13.7 Å². The zero-order chi connectivity index (χ0) is 20.6. The first-order chi connectivity index (χ1) is 11.9. The van der Waals surface area contributed by atoms with Crippen LogP contribution in [0.3, 0.4) is 0 Å². The van der Waals surface area contributed by atoms with Gasteiger partial charge in [0, 0.05) is 14.0 Å². The van der Waals surface area contributed by atoms with E-state index >= 15 is 0 Å². The smallest absolute Gasteiger partial charge is 0.326 e. The van der Waals surface area contributed by atoms with E-state index in [1.54, 1.807) is 13.8 Å². The Bertz CT molecular complexity index is 521. The third-order valence-corrected chi connectivity index (χ3v) is 3.90. The van der Waals surface area contributed by atoms with Crippen LogP contribution in [0.4, 0.5) is 0 Å². The Hall–Kier alpha value is -2.16. The van der Waals surface area contributed by atoms with E-state index in [2.05, 4.69) is 10.6 Å². The number of carboxylic acid groups (broad SMARTS) is 1. The molecular weight excluding hydrogens is 342 g/mol. The number of carboxylic acids is 1. The second kappa shape index (κ2) is 10.7. The molecule has 0 aliphatic rings. The van der Waals surface area contributed by atoms with Crippen LogP contribution in [-0.2, 0) is 19.2 Å². The zero-order valence-corrected chi connectivity index (χ0v) is 16.3. The Labute approximate surface area is 154 Å². The number of rotatable bonds is 10. The fourth-order valence-corrected chi connectivity index (χ4v) is 2.48. The molecule has 0 bridgehead atoms. The molecule has 150 valence electrons. The molecule has 0 aliphatic heterocycles. The van der Waals surface area contributed by atoms with Crippen molar-refractivity contribution in [2.45, 2.75) is 59.2 Å². The van der Waals surface area contributed by atoms with Crippen molar-refractivity contribution < 1.29 is 29.4 Å². The topological polar surface area (TPSA) is 136 Å². The summed E-state index contributed by atoms with van der Waals surface area (Å²) < 4.78 is 0. The molecule has 9 nitrogen and oxygen atoms in total. The van der Waals surface area contributed by atoms with Gasteiger partial charge in [0.15, 0.2) is 0 Å². The van der Waals surface area contributed by atoms with Crippen molar-refractivity contribution in [3.8, 4) is 0 Å². The van der Waals surface area contributed by atoms with E-state index in [-0.39, 0.29) is 11.8 Å². The van der Waals surface area contributed by atoms with Gasteiger partial charge in [-0.3, -0.25) is 14.4 Å². The number of aliphatic hydroxyl groups excluding tert-OH is 1. The Kier molecular flexibility index (Phi) is 9.85. The quantitative estimate of drug-likeness (QED) is 0.411. The molecule has 3 atom stereocenters. The van der Waals surface area contributed by atoms with Gasteiger partial charge < -0.3 is 25.7 Å². The van der Waals surface area contributed by atoms with Gasteiger partial charge in [-0.25, -0.2) is 4.79 Å². The number of nitrogens with zero attached hydrogens (tertiary/aromatic N) is 1. The molecule has 0 aliphatic carbocycles. The van der Waals surface area contributed by atoms with Gasteiger partial charge in [-0.1, -0.05) is 27.7 Å². The number of likely N-dealkylation sites (N-methyl/N-ethyl adjacent to an activating group) is 1. The predicted octanol–water partition coefficient (Wildman–Crippen LogP) is -0.418. The largest absolute Gasteiger partial charge is 0.480 e. The Morgan fingerprint density at radius 3 is 1.92 bits per heavy atom. The van der Waals surface area contributed by atoms with Gasteiger partial charge >= 0.3 is 5.97 Å². The van der Waals surface area contributed by atoms with Crippen molar-refractivity contribution in [2.24, 2.45) is 11.8 Å². The summed E-state index contributed by atoms with van der Waals surface area (Å²) in [5, 5.41) is 23.4. The summed E-state index contributed by atoms with van der Waals surface area (Å²) in [6.45, 7) is 7.69. The number of aliphatic hydroxyl groups is 1. The summed E-state index contributed by atoms with van der Waals surface area (Å²) in [5.41, 5.74) is 0. The fourth-order valence-electron chi connectivity index (χ4n) is 2.48. The van der Waals surface area contributed by atoms with Crippen molar-refractivity contribution in [3.63, 3.8) is 0 Å². The van der Waals surface area contributed by atoms with Crippen LogP contribution in [0.5, 0.6) is 0 Å². The molecule has 0 spiro atoms. The zero-order valence-electron chi connectivity index (χ0n) is 16.3. The number of carbonyl (C=O) groups is 4. The number of aliphatic carboxylic acids is 1. The molecule has 0 unspecified atom stereocenters. The van der Waals surface area contributed by atoms with Gasteiger partial charge in [-0.15, -0.1) is 0 Å². The summed E-state index contributed by atoms with van der Waals surface area (Å²) in [5.74, 6) is -3.13. The molecular formula is C17H31N3O6. The molecule has 4 N–H and O–H groups in total. The average molecular weight is 373 g/mol. The minimum Gasteiger partial charge on any atom is -0.480 e. The lowest BCUT2D eigenvalue weighted by molar-refractivity contribution is -0.146. The standard InChI is InChI=1S/C17H31N3O6/c1-9(2)7-13(15(23)19-14(10(3)4)17(25)26)20(6)16(24)12(8-21)18-11(5)22/h9-10,12-14,21H,7-8H2,1-6H3,(H,18,22)(H,19,23)(H,25,26)/t12-,13-,14-/m0/s1. The number of carbonyl (C=O) groups excluding carboxylic acids is 3. The third-order valence-electron chi connectivity index (χ3n) is 3.90. The minimum absolute atomic E-state index is 0.0525. The fraction of sp³-hybridized carbons (Fsp3) is 0.765. The van der Waals surface area contributed by atoms with E-state index in [1.807, 2.05) is 13.8 Å². The van der Waals surface area contributed by atoms with Crippen LogP contribution < -0.4 is 10.6 Å². The van der Waals surface area contributed by atoms with E-state index < -0.39 is 48.4 Å². The minimum atomic E-state index is -1.17. The van der Waals surface area contributed by atoms with Gasteiger partial charge in [0.25, 0.3) is 0 Å². The molecule has 9 heteroatoms. The van der Waals surface area contributed by atoms with Crippen molar-refractivity contribution >= 4 is 23.7 Å². The molecule has 0 saturated heterocycles. The molecule has 0 radical (unpaired) electrons. The van der Waals surface area contributed by atoms with Gasteiger partial charge in [-0.05, 0) is 18.3 Å². The SMILES string of the molecule is CC(=O)N[C@@H](CO)C(=O)N(C)[C@@H](CC(C)C)C(=O)N[C@H](C(=O)O)C(C)C. The Morgan fingerprint density at radius 2 is 1.58 bits per heavy atom. The summed E-state index contributed by atoms with van der Waals surface area (Å²) in [7, 11) is 1.39. The molecule has 3 amide bonds. The lowest BCUT2D eigenvalue weighted by Crippen LogP contribution is -2.57. The highest BCUT2D eigenvalue weighted by Gasteiger charge is 2.34. The molecule has 0 aromatic heterocycles. The highest BCUT2D eigenvalue weighted by Crippen LogP contribution is 2.13. The molecule has 0 rings (SSSR count).